The van der Waals surface area contributed by atoms with E-state index in [-0.39, 0.29) is 12.1 Å². The van der Waals surface area contributed by atoms with Gasteiger partial charge in [-0.05, 0) is 25.0 Å². The molecule has 1 atom stereocenters. The number of carbonyl (C=O) groups excluding carboxylic acids is 1. The van der Waals surface area contributed by atoms with E-state index in [9.17, 15) is 4.79 Å². The molecule has 1 aromatic rings. The van der Waals surface area contributed by atoms with Crippen LogP contribution in [0.3, 0.4) is 0 Å². The molecule has 0 aromatic heterocycles. The molecule has 0 aliphatic rings. The molecule has 1 aromatic carbocycles. The second kappa shape index (κ2) is 4.80. The van der Waals surface area contributed by atoms with Gasteiger partial charge < -0.3 is 4.74 Å². The Morgan fingerprint density at radius 1 is 1.43 bits per heavy atom. The molecule has 0 saturated heterocycles. The van der Waals surface area contributed by atoms with Gasteiger partial charge in [-0.15, -0.1) is 0 Å². The van der Waals surface area contributed by atoms with Crippen LogP contribution in [0, 0.1) is 6.92 Å². The zero-order valence-electron chi connectivity index (χ0n) is 8.91. The van der Waals surface area contributed by atoms with E-state index >= 15 is 0 Å². The monoisotopic (exact) mass is 192 g/mol. The van der Waals surface area contributed by atoms with Crippen LogP contribution in [0.15, 0.2) is 24.3 Å². The van der Waals surface area contributed by atoms with Crippen LogP contribution in [0.1, 0.15) is 37.5 Å². The van der Waals surface area contributed by atoms with Crippen molar-refractivity contribution < 1.29 is 9.53 Å². The fraction of sp³-hybridized carbons (Fsp3) is 0.417. The lowest BCUT2D eigenvalue weighted by atomic mass is 10.0. The smallest absolute Gasteiger partial charge is 0.306 e. The lowest BCUT2D eigenvalue weighted by molar-refractivity contribution is -0.148. The maximum atomic E-state index is 11.1. The van der Waals surface area contributed by atoms with Crippen molar-refractivity contribution in [1.29, 1.82) is 0 Å². The Balaban J connectivity index is 2.74. The molecule has 0 radical (unpaired) electrons. The van der Waals surface area contributed by atoms with E-state index in [2.05, 4.69) is 0 Å². The SMILES string of the molecule is CCC(=O)O[C@H](C)c1ccccc1C. The fourth-order valence-electron chi connectivity index (χ4n) is 1.39. The average molecular weight is 192 g/mol. The van der Waals surface area contributed by atoms with Crippen LogP contribution >= 0.6 is 0 Å². The Hall–Kier alpha value is -1.31. The number of aryl methyl sites for hydroxylation is 1. The lowest BCUT2D eigenvalue weighted by Gasteiger charge is -2.14. The Morgan fingerprint density at radius 2 is 2.07 bits per heavy atom. The van der Waals surface area contributed by atoms with Gasteiger partial charge in [0.15, 0.2) is 0 Å². The van der Waals surface area contributed by atoms with E-state index in [4.69, 9.17) is 4.74 Å². The molecule has 0 N–H and O–H groups in total. The van der Waals surface area contributed by atoms with Crippen molar-refractivity contribution in [3.05, 3.63) is 35.4 Å². The van der Waals surface area contributed by atoms with Crippen LogP contribution in [-0.4, -0.2) is 5.97 Å². The van der Waals surface area contributed by atoms with Crippen molar-refractivity contribution in [2.45, 2.75) is 33.3 Å². The maximum Gasteiger partial charge on any atom is 0.306 e. The molecule has 14 heavy (non-hydrogen) atoms. The first-order valence-corrected chi connectivity index (χ1v) is 4.90. The molecule has 1 rings (SSSR count). The number of esters is 1. The quantitative estimate of drug-likeness (QED) is 0.688. The summed E-state index contributed by atoms with van der Waals surface area (Å²) in [6.07, 6.45) is 0.277. The number of benzene rings is 1. The zero-order valence-corrected chi connectivity index (χ0v) is 8.91. The molecular formula is C12H16O2. The standard InChI is InChI=1S/C12H16O2/c1-4-12(13)14-10(3)11-8-6-5-7-9(11)2/h5-8,10H,4H2,1-3H3/t10-/m1/s1. The number of hydrogen-bond acceptors (Lipinski definition) is 2. The van der Waals surface area contributed by atoms with Crippen molar-refractivity contribution >= 4 is 5.97 Å². The van der Waals surface area contributed by atoms with Crippen LogP contribution in [0.25, 0.3) is 0 Å². The summed E-state index contributed by atoms with van der Waals surface area (Å²) in [5.74, 6) is -0.152. The first-order valence-electron chi connectivity index (χ1n) is 4.90. The third kappa shape index (κ3) is 2.59. The predicted octanol–water partition coefficient (Wildman–Crippen LogP) is 3.01. The highest BCUT2D eigenvalue weighted by Gasteiger charge is 2.11. The number of carbonyl (C=O) groups is 1. The Labute approximate surface area is 84.9 Å². The minimum absolute atomic E-state index is 0.149. The third-order valence-electron chi connectivity index (χ3n) is 2.22. The molecule has 76 valence electrons. The largest absolute Gasteiger partial charge is 0.458 e. The molecule has 0 amide bonds. The number of rotatable bonds is 3. The maximum absolute atomic E-state index is 11.1. The molecule has 0 heterocycles. The zero-order chi connectivity index (χ0) is 10.6. The second-order valence-electron chi connectivity index (χ2n) is 3.34. The molecule has 0 saturated carbocycles. The van der Waals surface area contributed by atoms with Crippen LogP contribution in [0.4, 0.5) is 0 Å². The van der Waals surface area contributed by atoms with Crippen LogP contribution < -0.4 is 0 Å². The second-order valence-corrected chi connectivity index (χ2v) is 3.34. The number of hydrogen-bond donors (Lipinski definition) is 0. The molecule has 2 nitrogen and oxygen atoms in total. The van der Waals surface area contributed by atoms with Crippen LogP contribution in [0.5, 0.6) is 0 Å². The summed E-state index contributed by atoms with van der Waals surface area (Å²) < 4.78 is 5.23. The first kappa shape index (κ1) is 10.8. The van der Waals surface area contributed by atoms with Gasteiger partial charge in [-0.3, -0.25) is 4.79 Å². The minimum atomic E-state index is -0.152. The summed E-state index contributed by atoms with van der Waals surface area (Å²) in [4.78, 5) is 11.1. The van der Waals surface area contributed by atoms with E-state index in [0.717, 1.165) is 11.1 Å². The van der Waals surface area contributed by atoms with E-state index in [1.807, 2.05) is 38.1 Å². The molecular weight excluding hydrogens is 176 g/mol. The van der Waals surface area contributed by atoms with Crippen molar-refractivity contribution in [2.24, 2.45) is 0 Å². The molecule has 2 heteroatoms. The molecule has 0 spiro atoms. The predicted molar refractivity (Wildman–Crippen MR) is 56.0 cm³/mol. The Bertz CT molecular complexity index is 318. The van der Waals surface area contributed by atoms with Gasteiger partial charge >= 0.3 is 5.97 Å². The summed E-state index contributed by atoms with van der Waals surface area (Å²) in [5.41, 5.74) is 2.23. The first-order chi connectivity index (χ1) is 6.65. The highest BCUT2D eigenvalue weighted by molar-refractivity contribution is 5.69. The fourth-order valence-corrected chi connectivity index (χ4v) is 1.39. The Morgan fingerprint density at radius 3 is 2.64 bits per heavy atom. The Kier molecular flexibility index (Phi) is 3.69. The highest BCUT2D eigenvalue weighted by Crippen LogP contribution is 2.20. The van der Waals surface area contributed by atoms with Gasteiger partial charge in [0, 0.05) is 6.42 Å². The van der Waals surface area contributed by atoms with Crippen LogP contribution in [-0.2, 0) is 9.53 Å². The van der Waals surface area contributed by atoms with E-state index in [1.165, 1.54) is 0 Å². The van der Waals surface area contributed by atoms with Crippen molar-refractivity contribution in [3.8, 4) is 0 Å². The van der Waals surface area contributed by atoms with Gasteiger partial charge in [0.25, 0.3) is 0 Å². The van der Waals surface area contributed by atoms with E-state index in [0.29, 0.717) is 6.42 Å². The normalized spacial score (nSPS) is 12.2. The average Bonchev–Trinajstić information content (AvgIpc) is 2.18. The topological polar surface area (TPSA) is 26.3 Å². The summed E-state index contributed by atoms with van der Waals surface area (Å²) in [7, 11) is 0. The van der Waals surface area contributed by atoms with Crippen molar-refractivity contribution in [2.75, 3.05) is 0 Å². The van der Waals surface area contributed by atoms with Crippen LogP contribution in [0.2, 0.25) is 0 Å². The van der Waals surface area contributed by atoms with Gasteiger partial charge in [-0.2, -0.15) is 0 Å². The molecule has 0 aliphatic heterocycles. The van der Waals surface area contributed by atoms with E-state index in [1.54, 1.807) is 6.92 Å². The summed E-state index contributed by atoms with van der Waals surface area (Å²) in [6.45, 7) is 5.72. The van der Waals surface area contributed by atoms with Gasteiger partial charge in [0.05, 0.1) is 0 Å². The summed E-state index contributed by atoms with van der Waals surface area (Å²) in [5, 5.41) is 0. The minimum Gasteiger partial charge on any atom is -0.458 e. The van der Waals surface area contributed by atoms with Gasteiger partial charge in [-0.25, -0.2) is 0 Å². The van der Waals surface area contributed by atoms with E-state index < -0.39 is 0 Å². The molecule has 0 bridgehead atoms. The molecule has 0 unspecified atom stereocenters. The lowest BCUT2D eigenvalue weighted by Crippen LogP contribution is -2.08. The van der Waals surface area contributed by atoms with Gasteiger partial charge in [-0.1, -0.05) is 31.2 Å². The summed E-state index contributed by atoms with van der Waals surface area (Å²) in [6, 6.07) is 7.94. The third-order valence-corrected chi connectivity index (χ3v) is 2.22. The highest BCUT2D eigenvalue weighted by atomic mass is 16.5. The van der Waals surface area contributed by atoms with Gasteiger partial charge in [0.2, 0.25) is 0 Å². The summed E-state index contributed by atoms with van der Waals surface area (Å²) >= 11 is 0. The van der Waals surface area contributed by atoms with Crippen molar-refractivity contribution in [3.63, 3.8) is 0 Å². The molecule has 0 fully saturated rings. The van der Waals surface area contributed by atoms with Crippen molar-refractivity contribution in [1.82, 2.24) is 0 Å². The molecule has 0 aliphatic carbocycles. The number of ether oxygens (including phenoxy) is 1. The van der Waals surface area contributed by atoms with Gasteiger partial charge in [0.1, 0.15) is 6.10 Å².